The summed E-state index contributed by atoms with van der Waals surface area (Å²) in [5.74, 6) is 0.473. The molecule has 0 amide bonds. The van der Waals surface area contributed by atoms with Crippen molar-refractivity contribution in [1.82, 2.24) is 20.4 Å². The third-order valence-corrected chi connectivity index (χ3v) is 2.47. The third kappa shape index (κ3) is 3.62. The van der Waals surface area contributed by atoms with Crippen LogP contribution in [0.1, 0.15) is 5.56 Å². The number of nitrogens with two attached hydrogens (primary N) is 1. The van der Waals surface area contributed by atoms with Crippen LogP contribution in [0.5, 0.6) is 0 Å². The number of rotatable bonds is 6. The van der Waals surface area contributed by atoms with E-state index >= 15 is 0 Å². The average molecular weight is 271 g/mol. The molecule has 102 valence electrons. The Morgan fingerprint density at radius 2 is 1.95 bits per heavy atom. The summed E-state index contributed by atoms with van der Waals surface area (Å²) < 4.78 is 5.39. The molecule has 3 N–H and O–H groups in total. The Bertz CT molecular complexity index is 583. The van der Waals surface area contributed by atoms with Crippen molar-refractivity contribution in [3.8, 4) is 11.4 Å². The first kappa shape index (κ1) is 13.7. The molecular weight excluding hydrogens is 258 g/mol. The zero-order valence-electron chi connectivity index (χ0n) is 10.6. The summed E-state index contributed by atoms with van der Waals surface area (Å²) in [5, 5.41) is 18.3. The van der Waals surface area contributed by atoms with Crippen LogP contribution in [-0.4, -0.2) is 27.0 Å². The second-order valence-electron chi connectivity index (χ2n) is 3.83. The van der Waals surface area contributed by atoms with Crippen LogP contribution in [0.4, 0.5) is 0 Å². The number of aromatic nitrogens is 4. The number of nitrogens with one attached hydrogen (secondary N) is 1. The molecule has 0 aliphatic rings. The van der Waals surface area contributed by atoms with Crippen LogP contribution >= 0.6 is 0 Å². The Labute approximate surface area is 115 Å². The smallest absolute Gasteiger partial charge is 0.203 e. The number of ether oxygens (including phenoxy) is 1. The van der Waals surface area contributed by atoms with Crippen molar-refractivity contribution in [2.45, 2.75) is 6.61 Å². The van der Waals surface area contributed by atoms with Gasteiger partial charge in [-0.2, -0.15) is 5.11 Å². The van der Waals surface area contributed by atoms with E-state index in [9.17, 15) is 0 Å². The maximum atomic E-state index is 6.84. The first-order chi connectivity index (χ1) is 9.83. The van der Waals surface area contributed by atoms with Gasteiger partial charge >= 0.3 is 0 Å². The van der Waals surface area contributed by atoms with Gasteiger partial charge in [-0.25, -0.2) is 5.53 Å². The molecule has 0 spiro atoms. The van der Waals surface area contributed by atoms with E-state index < -0.39 is 0 Å². The average Bonchev–Trinajstić information content (AvgIpc) is 2.53. The Balaban J connectivity index is 1.94. The minimum absolute atomic E-state index is 0.206. The van der Waals surface area contributed by atoms with Crippen molar-refractivity contribution < 1.29 is 4.74 Å². The normalized spacial score (nSPS) is 11.3. The number of hydrogen-bond donors (Lipinski definition) is 2. The van der Waals surface area contributed by atoms with Crippen molar-refractivity contribution >= 4 is 0 Å². The Morgan fingerprint density at radius 1 is 1.25 bits per heavy atom. The SMILES string of the molecule is N=N/C(=C\N)COCc1ccc(-c2nncnn2)cc1. The van der Waals surface area contributed by atoms with E-state index in [2.05, 4.69) is 25.5 Å². The number of nitrogens with zero attached hydrogens (tertiary/aromatic N) is 5. The lowest BCUT2D eigenvalue weighted by molar-refractivity contribution is 0.141. The molecule has 0 fully saturated rings. The second-order valence-corrected chi connectivity index (χ2v) is 3.83. The lowest BCUT2D eigenvalue weighted by atomic mass is 10.1. The summed E-state index contributed by atoms with van der Waals surface area (Å²) in [5.41, 5.74) is 14.3. The van der Waals surface area contributed by atoms with Crippen LogP contribution < -0.4 is 5.73 Å². The molecule has 8 heteroatoms. The standard InChI is InChI=1S/C12H13N7O/c13-5-11(17-14)7-20-6-9-1-3-10(4-2-9)12-18-15-8-16-19-12/h1-5,8,14H,6-7,13H2/b11-5-,17-14?. The van der Waals surface area contributed by atoms with Crippen molar-refractivity contribution in [3.05, 3.63) is 48.1 Å². The van der Waals surface area contributed by atoms with Gasteiger partial charge in [-0.15, -0.1) is 20.4 Å². The van der Waals surface area contributed by atoms with Crippen molar-refractivity contribution in [2.24, 2.45) is 10.8 Å². The van der Waals surface area contributed by atoms with Crippen LogP contribution in [0.25, 0.3) is 11.4 Å². The van der Waals surface area contributed by atoms with Gasteiger partial charge in [0.2, 0.25) is 5.82 Å². The van der Waals surface area contributed by atoms with Gasteiger partial charge in [0.25, 0.3) is 0 Å². The van der Waals surface area contributed by atoms with Gasteiger partial charge < -0.3 is 10.5 Å². The Hall–Kier alpha value is -2.74. The number of benzene rings is 1. The van der Waals surface area contributed by atoms with E-state index in [1.54, 1.807) is 0 Å². The molecule has 0 bridgehead atoms. The first-order valence-corrected chi connectivity index (χ1v) is 5.79. The molecule has 2 aromatic rings. The molecule has 1 aromatic heterocycles. The van der Waals surface area contributed by atoms with Gasteiger partial charge in [0.1, 0.15) is 5.70 Å². The van der Waals surface area contributed by atoms with Crippen molar-refractivity contribution in [2.75, 3.05) is 6.61 Å². The van der Waals surface area contributed by atoms with E-state index in [-0.39, 0.29) is 6.61 Å². The summed E-state index contributed by atoms with van der Waals surface area (Å²) in [6, 6.07) is 7.53. The molecule has 0 saturated carbocycles. The third-order valence-electron chi connectivity index (χ3n) is 2.47. The largest absolute Gasteiger partial charge is 0.403 e. The van der Waals surface area contributed by atoms with E-state index in [1.165, 1.54) is 12.5 Å². The van der Waals surface area contributed by atoms with E-state index in [0.29, 0.717) is 18.1 Å². The Morgan fingerprint density at radius 3 is 2.55 bits per heavy atom. The van der Waals surface area contributed by atoms with Crippen molar-refractivity contribution in [1.29, 1.82) is 5.53 Å². The lowest BCUT2D eigenvalue weighted by Crippen LogP contribution is -1.99. The summed E-state index contributed by atoms with van der Waals surface area (Å²) in [6.45, 7) is 0.608. The molecular formula is C12H13N7O. The van der Waals surface area contributed by atoms with Crippen LogP contribution in [0.15, 0.2) is 47.6 Å². The molecule has 8 nitrogen and oxygen atoms in total. The minimum Gasteiger partial charge on any atom is -0.403 e. The Kier molecular flexibility index (Phi) is 4.79. The van der Waals surface area contributed by atoms with Crippen molar-refractivity contribution in [3.63, 3.8) is 0 Å². The molecule has 20 heavy (non-hydrogen) atoms. The topological polar surface area (TPSA) is 123 Å². The molecule has 1 heterocycles. The summed E-state index contributed by atoms with van der Waals surface area (Å²) in [7, 11) is 0. The molecule has 0 atom stereocenters. The molecule has 1 aromatic carbocycles. The number of hydrogen-bond acceptors (Lipinski definition) is 8. The molecule has 0 aliphatic heterocycles. The van der Waals surface area contributed by atoms with Gasteiger partial charge in [0, 0.05) is 11.8 Å². The molecule has 0 unspecified atom stereocenters. The summed E-state index contributed by atoms with van der Waals surface area (Å²) >= 11 is 0. The van der Waals surface area contributed by atoms with Crippen LogP contribution in [0, 0.1) is 5.53 Å². The van der Waals surface area contributed by atoms with Crippen LogP contribution in [0.3, 0.4) is 0 Å². The zero-order valence-corrected chi connectivity index (χ0v) is 10.6. The van der Waals surface area contributed by atoms with Crippen LogP contribution in [-0.2, 0) is 11.3 Å². The lowest BCUT2D eigenvalue weighted by Gasteiger charge is -2.04. The van der Waals surface area contributed by atoms with Gasteiger partial charge in [-0.1, -0.05) is 24.3 Å². The van der Waals surface area contributed by atoms with E-state index in [4.69, 9.17) is 16.0 Å². The predicted octanol–water partition coefficient (Wildman–Crippen LogP) is 1.28. The zero-order chi connectivity index (χ0) is 14.2. The van der Waals surface area contributed by atoms with Gasteiger partial charge in [0.05, 0.1) is 13.2 Å². The quantitative estimate of drug-likeness (QED) is 0.763. The van der Waals surface area contributed by atoms with E-state index in [1.807, 2.05) is 24.3 Å². The molecule has 0 radical (unpaired) electrons. The maximum Gasteiger partial charge on any atom is 0.203 e. The fraction of sp³-hybridized carbons (Fsp3) is 0.167. The van der Waals surface area contributed by atoms with Crippen LogP contribution in [0.2, 0.25) is 0 Å². The highest BCUT2D eigenvalue weighted by Gasteiger charge is 2.02. The maximum absolute atomic E-state index is 6.84. The fourth-order valence-electron chi connectivity index (χ4n) is 1.46. The summed E-state index contributed by atoms with van der Waals surface area (Å²) in [4.78, 5) is 0. The highest BCUT2D eigenvalue weighted by Crippen LogP contribution is 2.14. The minimum atomic E-state index is 0.206. The second kappa shape index (κ2) is 7.00. The molecule has 0 saturated heterocycles. The molecule has 2 rings (SSSR count). The highest BCUT2D eigenvalue weighted by molar-refractivity contribution is 5.53. The fourth-order valence-corrected chi connectivity index (χ4v) is 1.46. The van der Waals surface area contributed by atoms with Gasteiger partial charge in [-0.3, -0.25) is 0 Å². The first-order valence-electron chi connectivity index (χ1n) is 5.79. The van der Waals surface area contributed by atoms with Gasteiger partial charge in [0.15, 0.2) is 6.33 Å². The predicted molar refractivity (Wildman–Crippen MR) is 70.1 cm³/mol. The van der Waals surface area contributed by atoms with Gasteiger partial charge in [-0.05, 0) is 5.56 Å². The monoisotopic (exact) mass is 271 g/mol. The summed E-state index contributed by atoms with van der Waals surface area (Å²) in [6.07, 6.45) is 2.54. The van der Waals surface area contributed by atoms with E-state index in [0.717, 1.165) is 11.1 Å². The molecule has 0 aliphatic carbocycles. The highest BCUT2D eigenvalue weighted by atomic mass is 16.5.